The lowest BCUT2D eigenvalue weighted by Gasteiger charge is -2.10. The first kappa shape index (κ1) is 20.2. The molecular weight excluding hydrogens is 334 g/mol. The number of halogens is 3. The molecular formula is C11H19Cl3O6. The summed E-state index contributed by atoms with van der Waals surface area (Å²) in [5, 5.41) is 0. The maximum atomic E-state index is 11.0. The van der Waals surface area contributed by atoms with E-state index in [0.717, 1.165) is 0 Å². The molecule has 0 N–H and O–H groups in total. The number of alkyl halides is 3. The zero-order chi connectivity index (χ0) is 15.3. The minimum atomic E-state index is -2.05. The first-order chi connectivity index (χ1) is 9.48. The summed E-state index contributed by atoms with van der Waals surface area (Å²) >= 11 is 15.9. The van der Waals surface area contributed by atoms with Crippen LogP contribution in [0.15, 0.2) is 0 Å². The van der Waals surface area contributed by atoms with Crippen molar-refractivity contribution in [3.05, 3.63) is 0 Å². The van der Waals surface area contributed by atoms with Gasteiger partial charge < -0.3 is 23.7 Å². The van der Waals surface area contributed by atoms with Crippen LogP contribution < -0.4 is 0 Å². The largest absolute Gasteiger partial charge is 0.460 e. The van der Waals surface area contributed by atoms with Gasteiger partial charge in [-0.3, -0.25) is 0 Å². The molecule has 0 saturated carbocycles. The van der Waals surface area contributed by atoms with Gasteiger partial charge in [-0.1, -0.05) is 34.8 Å². The Morgan fingerprint density at radius 2 is 1.20 bits per heavy atom. The molecule has 0 bridgehead atoms. The molecule has 0 fully saturated rings. The summed E-state index contributed by atoms with van der Waals surface area (Å²) in [6.45, 7) is 3.13. The second-order valence-corrected chi connectivity index (χ2v) is 5.74. The normalized spacial score (nSPS) is 11.6. The SMILES string of the molecule is COCCOCCOCCOCCOC(=O)C(Cl)(Cl)Cl. The van der Waals surface area contributed by atoms with E-state index in [0.29, 0.717) is 39.6 Å². The zero-order valence-corrected chi connectivity index (χ0v) is 13.5. The van der Waals surface area contributed by atoms with Crippen molar-refractivity contribution in [1.29, 1.82) is 0 Å². The Hall–Kier alpha value is 0.180. The van der Waals surface area contributed by atoms with Crippen LogP contribution >= 0.6 is 34.8 Å². The molecule has 0 aliphatic heterocycles. The fraction of sp³-hybridized carbons (Fsp3) is 0.909. The van der Waals surface area contributed by atoms with E-state index in [4.69, 9.17) is 53.8 Å². The van der Waals surface area contributed by atoms with Crippen molar-refractivity contribution in [2.75, 3.05) is 60.0 Å². The zero-order valence-electron chi connectivity index (χ0n) is 11.2. The second-order valence-electron chi connectivity index (χ2n) is 3.46. The third kappa shape index (κ3) is 13.2. The van der Waals surface area contributed by atoms with Crippen LogP contribution in [0.25, 0.3) is 0 Å². The van der Waals surface area contributed by atoms with Crippen LogP contribution in [0.5, 0.6) is 0 Å². The molecule has 9 heteroatoms. The molecule has 0 unspecified atom stereocenters. The average Bonchev–Trinajstić information content (AvgIpc) is 2.38. The van der Waals surface area contributed by atoms with Gasteiger partial charge in [-0.25, -0.2) is 4.79 Å². The molecule has 0 spiro atoms. The highest BCUT2D eigenvalue weighted by molar-refractivity contribution is 6.75. The number of methoxy groups -OCH3 is 1. The fourth-order valence-electron chi connectivity index (χ4n) is 0.959. The average molecular weight is 354 g/mol. The lowest BCUT2D eigenvalue weighted by atomic mass is 10.7. The first-order valence-corrected chi connectivity index (χ1v) is 7.08. The molecule has 0 radical (unpaired) electrons. The maximum Gasteiger partial charge on any atom is 0.358 e. The molecule has 0 aromatic rings. The summed E-state index contributed by atoms with van der Waals surface area (Å²) in [6.07, 6.45) is 0. The Balaban J connectivity index is 3.16. The summed E-state index contributed by atoms with van der Waals surface area (Å²) in [4.78, 5) is 11.0. The lowest BCUT2D eigenvalue weighted by Crippen LogP contribution is -2.24. The van der Waals surface area contributed by atoms with E-state index in [1.165, 1.54) is 0 Å². The van der Waals surface area contributed by atoms with E-state index in [-0.39, 0.29) is 13.2 Å². The maximum absolute atomic E-state index is 11.0. The van der Waals surface area contributed by atoms with E-state index < -0.39 is 9.76 Å². The highest BCUT2D eigenvalue weighted by atomic mass is 35.6. The molecule has 6 nitrogen and oxygen atoms in total. The molecule has 0 aromatic heterocycles. The van der Waals surface area contributed by atoms with Gasteiger partial charge in [-0.15, -0.1) is 0 Å². The predicted molar refractivity (Wildman–Crippen MR) is 75.6 cm³/mol. The second kappa shape index (κ2) is 12.9. The van der Waals surface area contributed by atoms with Crippen LogP contribution in [0, 0.1) is 0 Å². The molecule has 20 heavy (non-hydrogen) atoms. The Morgan fingerprint density at radius 1 is 0.800 bits per heavy atom. The number of rotatable bonds is 12. The number of hydrogen-bond donors (Lipinski definition) is 0. The topological polar surface area (TPSA) is 63.2 Å². The summed E-state index contributed by atoms with van der Waals surface area (Å²) in [5.74, 6) is -0.921. The van der Waals surface area contributed by atoms with Crippen molar-refractivity contribution in [3.63, 3.8) is 0 Å². The van der Waals surface area contributed by atoms with Crippen LogP contribution in [0.3, 0.4) is 0 Å². The molecule has 0 atom stereocenters. The molecule has 0 heterocycles. The third-order valence-corrected chi connectivity index (χ3v) is 2.33. The quantitative estimate of drug-likeness (QED) is 0.302. The smallest absolute Gasteiger partial charge is 0.358 e. The standard InChI is InChI=1S/C11H19Cl3O6/c1-16-2-3-17-4-5-18-6-7-19-8-9-20-10(15)11(12,13)14/h2-9H2,1H3. The van der Waals surface area contributed by atoms with Crippen molar-refractivity contribution in [1.82, 2.24) is 0 Å². The molecule has 0 amide bonds. The molecule has 0 aliphatic carbocycles. The van der Waals surface area contributed by atoms with E-state index in [1.807, 2.05) is 0 Å². The molecule has 120 valence electrons. The fourth-order valence-corrected chi connectivity index (χ4v) is 1.12. The van der Waals surface area contributed by atoms with Gasteiger partial charge in [0.2, 0.25) is 0 Å². The lowest BCUT2D eigenvalue weighted by molar-refractivity contribution is -0.144. The summed E-state index contributed by atoms with van der Waals surface area (Å²) < 4.78 is 23.0. The Labute approximate surface area is 133 Å². The van der Waals surface area contributed by atoms with Crippen molar-refractivity contribution in [3.8, 4) is 0 Å². The van der Waals surface area contributed by atoms with Crippen LogP contribution in [-0.2, 0) is 28.5 Å². The van der Waals surface area contributed by atoms with Gasteiger partial charge >= 0.3 is 5.97 Å². The van der Waals surface area contributed by atoms with Crippen molar-refractivity contribution >= 4 is 40.8 Å². The number of carbonyl (C=O) groups is 1. The van der Waals surface area contributed by atoms with Gasteiger partial charge in [0, 0.05) is 7.11 Å². The number of hydrogen-bond acceptors (Lipinski definition) is 6. The highest BCUT2D eigenvalue weighted by Gasteiger charge is 2.32. The molecule has 0 aliphatic rings. The van der Waals surface area contributed by atoms with Gasteiger partial charge in [-0.05, 0) is 0 Å². The van der Waals surface area contributed by atoms with Gasteiger partial charge in [0.1, 0.15) is 6.61 Å². The first-order valence-electron chi connectivity index (χ1n) is 5.94. The van der Waals surface area contributed by atoms with E-state index >= 15 is 0 Å². The van der Waals surface area contributed by atoms with Crippen LogP contribution in [0.2, 0.25) is 0 Å². The summed E-state index contributed by atoms with van der Waals surface area (Å²) in [7, 11) is 1.61. The van der Waals surface area contributed by atoms with Gasteiger partial charge in [0.25, 0.3) is 3.79 Å². The Bertz CT molecular complexity index is 247. The molecule has 0 rings (SSSR count). The van der Waals surface area contributed by atoms with Gasteiger partial charge in [0.15, 0.2) is 0 Å². The monoisotopic (exact) mass is 352 g/mol. The van der Waals surface area contributed by atoms with Crippen LogP contribution in [-0.4, -0.2) is 69.7 Å². The van der Waals surface area contributed by atoms with E-state index in [1.54, 1.807) is 7.11 Å². The number of esters is 1. The van der Waals surface area contributed by atoms with Gasteiger partial charge in [0.05, 0.1) is 46.2 Å². The van der Waals surface area contributed by atoms with Crippen molar-refractivity contribution in [2.24, 2.45) is 0 Å². The van der Waals surface area contributed by atoms with Crippen LogP contribution in [0.1, 0.15) is 0 Å². The van der Waals surface area contributed by atoms with Crippen molar-refractivity contribution in [2.45, 2.75) is 3.79 Å². The Kier molecular flexibility index (Phi) is 13.0. The minimum absolute atomic E-state index is 0.0207. The summed E-state index contributed by atoms with van der Waals surface area (Å²) in [5.41, 5.74) is 0. The van der Waals surface area contributed by atoms with E-state index in [2.05, 4.69) is 4.74 Å². The Morgan fingerprint density at radius 3 is 1.60 bits per heavy atom. The van der Waals surface area contributed by atoms with Crippen LogP contribution in [0.4, 0.5) is 0 Å². The summed E-state index contributed by atoms with van der Waals surface area (Å²) in [6, 6.07) is 0. The molecule has 0 aromatic carbocycles. The van der Waals surface area contributed by atoms with Crippen molar-refractivity contribution < 1.29 is 28.5 Å². The number of carbonyl (C=O) groups excluding carboxylic acids is 1. The van der Waals surface area contributed by atoms with E-state index in [9.17, 15) is 4.79 Å². The number of ether oxygens (including phenoxy) is 5. The van der Waals surface area contributed by atoms with Gasteiger partial charge in [-0.2, -0.15) is 0 Å². The molecule has 0 saturated heterocycles. The third-order valence-electron chi connectivity index (χ3n) is 1.87. The minimum Gasteiger partial charge on any atom is -0.460 e. The highest BCUT2D eigenvalue weighted by Crippen LogP contribution is 2.27. The predicted octanol–water partition coefficient (Wildman–Crippen LogP) is 1.60.